The molecule has 1 aliphatic rings. The molecule has 1 aliphatic heterocycles. The molecule has 0 radical (unpaired) electrons. The zero-order valence-corrected chi connectivity index (χ0v) is 18.6. The van der Waals surface area contributed by atoms with Gasteiger partial charge in [-0.2, -0.15) is 0 Å². The molecule has 2 N–H and O–H groups in total. The van der Waals surface area contributed by atoms with Crippen LogP contribution < -0.4 is 15.4 Å². The second-order valence-electron chi connectivity index (χ2n) is 7.82. The van der Waals surface area contributed by atoms with Gasteiger partial charge in [0, 0.05) is 37.4 Å². The highest BCUT2D eigenvalue weighted by Gasteiger charge is 2.28. The average Bonchev–Trinajstić information content (AvgIpc) is 2.79. The Morgan fingerprint density at radius 2 is 1.69 bits per heavy atom. The minimum Gasteiger partial charge on any atom is -0.495 e. The number of anilines is 2. The summed E-state index contributed by atoms with van der Waals surface area (Å²) in [5, 5.41) is 5.62. The molecule has 0 aromatic heterocycles. The molecule has 0 bridgehead atoms. The number of amides is 3. The van der Waals surface area contributed by atoms with E-state index in [1.165, 1.54) is 14.2 Å². The lowest BCUT2D eigenvalue weighted by Crippen LogP contribution is -2.41. The van der Waals surface area contributed by atoms with Crippen molar-refractivity contribution in [2.75, 3.05) is 44.5 Å². The first-order chi connectivity index (χ1) is 15.4. The van der Waals surface area contributed by atoms with Crippen LogP contribution in [0.4, 0.5) is 11.4 Å². The van der Waals surface area contributed by atoms with Crippen molar-refractivity contribution in [2.45, 2.75) is 19.8 Å². The Bertz CT molecular complexity index is 966. The first-order valence-corrected chi connectivity index (χ1v) is 10.5. The fraction of sp³-hybridized carbons (Fsp3) is 0.375. The van der Waals surface area contributed by atoms with Gasteiger partial charge in [0.25, 0.3) is 5.91 Å². The number of ether oxygens (including phenoxy) is 2. The van der Waals surface area contributed by atoms with Gasteiger partial charge in [-0.25, -0.2) is 0 Å². The fourth-order valence-corrected chi connectivity index (χ4v) is 3.67. The Morgan fingerprint density at radius 3 is 2.31 bits per heavy atom. The van der Waals surface area contributed by atoms with E-state index in [0.717, 1.165) is 5.56 Å². The van der Waals surface area contributed by atoms with Gasteiger partial charge >= 0.3 is 0 Å². The highest BCUT2D eigenvalue weighted by Crippen LogP contribution is 2.29. The summed E-state index contributed by atoms with van der Waals surface area (Å²) in [6.45, 7) is 2.97. The first kappa shape index (κ1) is 23.3. The summed E-state index contributed by atoms with van der Waals surface area (Å²) in [5.74, 6) is -0.136. The van der Waals surface area contributed by atoms with Crippen molar-refractivity contribution < 1.29 is 23.9 Å². The highest BCUT2D eigenvalue weighted by molar-refractivity contribution is 5.97. The minimum absolute atomic E-state index is 0.00421. The summed E-state index contributed by atoms with van der Waals surface area (Å²) < 4.78 is 10.1. The third-order valence-electron chi connectivity index (χ3n) is 5.47. The third kappa shape index (κ3) is 5.85. The van der Waals surface area contributed by atoms with Crippen molar-refractivity contribution in [3.05, 3.63) is 53.6 Å². The molecule has 0 unspecified atom stereocenters. The predicted molar refractivity (Wildman–Crippen MR) is 122 cm³/mol. The standard InChI is InChI=1S/C24H29N3O5/c1-16-4-6-18(7-5-16)24(30)27-12-10-17(11-13-27)23(29)25-19-8-9-21(32-3)20(14-19)26-22(28)15-31-2/h4-9,14,17H,10-13,15H2,1-3H3,(H,25,29)(H,26,28). The van der Waals surface area contributed by atoms with Crippen molar-refractivity contribution in [3.8, 4) is 5.75 Å². The van der Waals surface area contributed by atoms with Crippen LogP contribution in [-0.4, -0.2) is 56.5 Å². The molecule has 0 aliphatic carbocycles. The van der Waals surface area contributed by atoms with Gasteiger partial charge in [-0.1, -0.05) is 17.7 Å². The first-order valence-electron chi connectivity index (χ1n) is 10.5. The summed E-state index contributed by atoms with van der Waals surface area (Å²) in [6, 6.07) is 12.6. The number of carbonyl (C=O) groups excluding carboxylic acids is 3. The monoisotopic (exact) mass is 439 g/mol. The van der Waals surface area contributed by atoms with Crippen molar-refractivity contribution in [2.24, 2.45) is 5.92 Å². The smallest absolute Gasteiger partial charge is 0.253 e. The number of likely N-dealkylation sites (tertiary alicyclic amines) is 1. The minimum atomic E-state index is -0.320. The zero-order chi connectivity index (χ0) is 23.1. The number of methoxy groups -OCH3 is 2. The van der Waals surface area contributed by atoms with E-state index in [1.807, 2.05) is 31.2 Å². The van der Waals surface area contributed by atoms with Crippen LogP contribution in [0.1, 0.15) is 28.8 Å². The van der Waals surface area contributed by atoms with Gasteiger partial charge < -0.3 is 25.0 Å². The molecule has 3 amide bonds. The number of benzene rings is 2. The summed E-state index contributed by atoms with van der Waals surface area (Å²) >= 11 is 0. The number of hydrogen-bond acceptors (Lipinski definition) is 5. The third-order valence-corrected chi connectivity index (χ3v) is 5.47. The van der Waals surface area contributed by atoms with E-state index in [-0.39, 0.29) is 30.2 Å². The molecule has 0 saturated carbocycles. The average molecular weight is 440 g/mol. The zero-order valence-electron chi connectivity index (χ0n) is 18.6. The maximum Gasteiger partial charge on any atom is 0.253 e. The van der Waals surface area contributed by atoms with Gasteiger partial charge in [0.1, 0.15) is 12.4 Å². The molecule has 0 spiro atoms. The largest absolute Gasteiger partial charge is 0.495 e. The lowest BCUT2D eigenvalue weighted by molar-refractivity contribution is -0.121. The molecule has 8 nitrogen and oxygen atoms in total. The van der Waals surface area contributed by atoms with Crippen LogP contribution >= 0.6 is 0 Å². The maximum absolute atomic E-state index is 12.8. The van der Waals surface area contributed by atoms with E-state index >= 15 is 0 Å². The van der Waals surface area contributed by atoms with Crippen molar-refractivity contribution in [1.82, 2.24) is 4.90 Å². The van der Waals surface area contributed by atoms with Crippen LogP contribution in [-0.2, 0) is 14.3 Å². The molecule has 32 heavy (non-hydrogen) atoms. The number of carbonyl (C=O) groups is 3. The van der Waals surface area contributed by atoms with E-state index in [0.29, 0.717) is 48.6 Å². The van der Waals surface area contributed by atoms with Crippen LogP contribution in [0.5, 0.6) is 5.75 Å². The summed E-state index contributed by atoms with van der Waals surface area (Å²) in [7, 11) is 2.94. The van der Waals surface area contributed by atoms with Crippen molar-refractivity contribution >= 4 is 29.1 Å². The fourth-order valence-electron chi connectivity index (χ4n) is 3.67. The maximum atomic E-state index is 12.8. The van der Waals surface area contributed by atoms with Crippen LogP contribution in [0.3, 0.4) is 0 Å². The van der Waals surface area contributed by atoms with E-state index in [2.05, 4.69) is 10.6 Å². The van der Waals surface area contributed by atoms with Crippen molar-refractivity contribution in [3.63, 3.8) is 0 Å². The molecule has 3 rings (SSSR count). The Morgan fingerprint density at radius 1 is 1.00 bits per heavy atom. The number of rotatable bonds is 7. The van der Waals surface area contributed by atoms with Gasteiger partial charge in [0.05, 0.1) is 12.8 Å². The summed E-state index contributed by atoms with van der Waals surface area (Å²) in [5.41, 5.74) is 2.78. The van der Waals surface area contributed by atoms with Crippen LogP contribution in [0, 0.1) is 12.8 Å². The van der Waals surface area contributed by atoms with Gasteiger partial charge in [-0.3, -0.25) is 14.4 Å². The van der Waals surface area contributed by atoms with Gasteiger partial charge in [-0.15, -0.1) is 0 Å². The Hall–Kier alpha value is -3.39. The molecule has 2 aromatic rings. The Balaban J connectivity index is 1.58. The van der Waals surface area contributed by atoms with Crippen LogP contribution in [0.25, 0.3) is 0 Å². The molecule has 1 heterocycles. The predicted octanol–water partition coefficient (Wildman–Crippen LogP) is 3.08. The summed E-state index contributed by atoms with van der Waals surface area (Å²) in [4.78, 5) is 39.1. The van der Waals surface area contributed by atoms with E-state index in [1.54, 1.807) is 23.1 Å². The van der Waals surface area contributed by atoms with Crippen LogP contribution in [0.15, 0.2) is 42.5 Å². The molecule has 1 saturated heterocycles. The van der Waals surface area contributed by atoms with E-state index in [9.17, 15) is 14.4 Å². The quantitative estimate of drug-likeness (QED) is 0.691. The number of piperidine rings is 1. The molecular formula is C24H29N3O5. The van der Waals surface area contributed by atoms with Crippen molar-refractivity contribution in [1.29, 1.82) is 0 Å². The molecule has 2 aromatic carbocycles. The number of nitrogens with zero attached hydrogens (tertiary/aromatic N) is 1. The summed E-state index contributed by atoms with van der Waals surface area (Å²) in [6.07, 6.45) is 1.19. The Labute approximate surface area is 187 Å². The van der Waals surface area contributed by atoms with E-state index < -0.39 is 0 Å². The number of nitrogens with one attached hydrogen (secondary N) is 2. The van der Waals surface area contributed by atoms with Gasteiger partial charge in [-0.05, 0) is 50.1 Å². The molecule has 1 fully saturated rings. The topological polar surface area (TPSA) is 97.0 Å². The lowest BCUT2D eigenvalue weighted by Gasteiger charge is -2.31. The lowest BCUT2D eigenvalue weighted by atomic mass is 9.95. The van der Waals surface area contributed by atoms with Crippen LogP contribution in [0.2, 0.25) is 0 Å². The van der Waals surface area contributed by atoms with Gasteiger partial charge in [0.15, 0.2) is 0 Å². The van der Waals surface area contributed by atoms with Gasteiger partial charge in [0.2, 0.25) is 11.8 Å². The normalized spacial score (nSPS) is 14.0. The SMILES string of the molecule is COCC(=O)Nc1cc(NC(=O)C2CCN(C(=O)c3ccc(C)cc3)CC2)ccc1OC. The Kier molecular flexibility index (Phi) is 7.83. The molecule has 170 valence electrons. The molecule has 8 heteroatoms. The molecule has 0 atom stereocenters. The van der Waals surface area contributed by atoms with E-state index in [4.69, 9.17) is 9.47 Å². The molecular weight excluding hydrogens is 410 g/mol. The second kappa shape index (κ2) is 10.8. The number of hydrogen-bond donors (Lipinski definition) is 2. The number of aryl methyl sites for hydroxylation is 1. The highest BCUT2D eigenvalue weighted by atomic mass is 16.5. The second-order valence-corrected chi connectivity index (χ2v) is 7.82.